The van der Waals surface area contributed by atoms with Gasteiger partial charge in [-0.3, -0.25) is 24.3 Å². The molecule has 1 N–H and O–H groups in total. The predicted molar refractivity (Wildman–Crippen MR) is 159 cm³/mol. The number of hydrogen-bond acceptors (Lipinski definition) is 12. The number of aromatic amines is 1. The van der Waals surface area contributed by atoms with Crippen LogP contribution in [0.1, 0.15) is 81.8 Å². The number of hydrogen-bond donors (Lipinski definition) is 1. The van der Waals surface area contributed by atoms with Crippen LogP contribution in [0.5, 0.6) is 5.88 Å². The van der Waals surface area contributed by atoms with E-state index < -0.39 is 54.6 Å². The van der Waals surface area contributed by atoms with E-state index in [0.717, 1.165) is 49.4 Å². The first-order chi connectivity index (χ1) is 21.3. The van der Waals surface area contributed by atoms with Crippen molar-refractivity contribution in [1.82, 2.24) is 10.2 Å². The van der Waals surface area contributed by atoms with Crippen molar-refractivity contribution < 1.29 is 52.4 Å². The minimum absolute atomic E-state index is 0.0195. The molecule has 244 valence electrons. The zero-order chi connectivity index (χ0) is 33.3. The van der Waals surface area contributed by atoms with Crippen LogP contribution in [0.3, 0.4) is 0 Å². The molecule has 0 radical (unpaired) electrons. The lowest BCUT2D eigenvalue weighted by Crippen LogP contribution is -2.63. The number of aldehydes is 1. The van der Waals surface area contributed by atoms with Crippen LogP contribution in [0, 0.1) is 6.92 Å². The molecule has 0 spiro atoms. The van der Waals surface area contributed by atoms with Gasteiger partial charge in [0.25, 0.3) is 0 Å². The number of nitrogens with zero attached hydrogens (tertiary/aromatic N) is 1. The van der Waals surface area contributed by atoms with Gasteiger partial charge in [0.2, 0.25) is 18.3 Å². The molecule has 1 saturated heterocycles. The van der Waals surface area contributed by atoms with E-state index in [1.54, 1.807) is 6.08 Å². The minimum Gasteiger partial charge on any atom is -0.463 e. The molecule has 45 heavy (non-hydrogen) atoms. The zero-order valence-electron chi connectivity index (χ0n) is 26.5. The summed E-state index contributed by atoms with van der Waals surface area (Å²) >= 11 is 0. The summed E-state index contributed by atoms with van der Waals surface area (Å²) < 4.78 is 34.0. The molecular weight excluding hydrogens is 588 g/mol. The van der Waals surface area contributed by atoms with Crippen LogP contribution < -0.4 is 4.74 Å². The van der Waals surface area contributed by atoms with E-state index in [0.29, 0.717) is 18.4 Å². The van der Waals surface area contributed by atoms with Crippen molar-refractivity contribution in [3.8, 4) is 5.88 Å². The highest BCUT2D eigenvalue weighted by molar-refractivity contribution is 5.69. The third kappa shape index (κ3) is 9.73. The summed E-state index contributed by atoms with van der Waals surface area (Å²) in [6.45, 7) is 10.2. The van der Waals surface area contributed by atoms with Crippen LogP contribution in [0.4, 0.5) is 0 Å². The Bertz CT molecular complexity index is 1410. The fourth-order valence-corrected chi connectivity index (χ4v) is 4.97. The molecule has 1 aromatic carbocycles. The van der Waals surface area contributed by atoms with Crippen LogP contribution in [0.15, 0.2) is 24.3 Å². The van der Waals surface area contributed by atoms with E-state index in [9.17, 15) is 24.0 Å². The Kier molecular flexibility index (Phi) is 12.4. The highest BCUT2D eigenvalue weighted by Gasteiger charge is 2.53. The summed E-state index contributed by atoms with van der Waals surface area (Å²) in [6.07, 6.45) is -1.41. The molecule has 1 fully saturated rings. The van der Waals surface area contributed by atoms with Gasteiger partial charge >= 0.3 is 23.9 Å². The molecule has 3 rings (SSSR count). The van der Waals surface area contributed by atoms with Crippen molar-refractivity contribution in [2.45, 2.75) is 97.9 Å². The highest BCUT2D eigenvalue weighted by Crippen LogP contribution is 2.34. The van der Waals surface area contributed by atoms with Crippen molar-refractivity contribution in [2.75, 3.05) is 6.61 Å². The van der Waals surface area contributed by atoms with Crippen molar-refractivity contribution in [1.29, 1.82) is 0 Å². The molecule has 0 aliphatic carbocycles. The first kappa shape index (κ1) is 35.0. The normalized spacial score (nSPS) is 21.3. The van der Waals surface area contributed by atoms with Gasteiger partial charge in [0.05, 0.1) is 0 Å². The monoisotopic (exact) mass is 628 g/mol. The average Bonchev–Trinajstić information content (AvgIpc) is 3.34. The highest BCUT2D eigenvalue weighted by atomic mass is 16.7. The lowest BCUT2D eigenvalue weighted by Gasteiger charge is -2.43. The Labute approximate surface area is 261 Å². The number of benzene rings is 1. The van der Waals surface area contributed by atoms with Gasteiger partial charge in [0.1, 0.15) is 19.0 Å². The molecule has 13 heteroatoms. The van der Waals surface area contributed by atoms with Gasteiger partial charge in [-0.2, -0.15) is 0 Å². The van der Waals surface area contributed by atoms with Gasteiger partial charge in [0.15, 0.2) is 12.2 Å². The van der Waals surface area contributed by atoms with Gasteiger partial charge < -0.3 is 33.2 Å². The lowest BCUT2D eigenvalue weighted by molar-refractivity contribution is -0.289. The quantitative estimate of drug-likeness (QED) is 0.195. The fraction of sp³-hybridized carbons (Fsp3) is 0.500. The topological polar surface area (TPSA) is 169 Å². The van der Waals surface area contributed by atoms with Gasteiger partial charge in [-0.1, -0.05) is 44.2 Å². The van der Waals surface area contributed by atoms with Gasteiger partial charge in [-0.25, -0.2) is 0 Å². The third-order valence-corrected chi connectivity index (χ3v) is 6.89. The maximum absolute atomic E-state index is 12.2. The van der Waals surface area contributed by atoms with E-state index in [-0.39, 0.29) is 18.4 Å². The number of ether oxygens (including phenoxy) is 6. The molecule has 5 atom stereocenters. The Balaban J connectivity index is 2.04. The maximum atomic E-state index is 12.2. The Morgan fingerprint density at radius 3 is 2.18 bits per heavy atom. The first-order valence-corrected chi connectivity index (χ1v) is 14.5. The van der Waals surface area contributed by atoms with E-state index in [1.807, 2.05) is 45.0 Å². The summed E-state index contributed by atoms with van der Waals surface area (Å²) in [5.74, 6) is -2.67. The number of nitrogens with one attached hydrogen (secondary N) is 1. The molecular formula is C32H40N2O11. The summed E-state index contributed by atoms with van der Waals surface area (Å²) in [6, 6.07) is 5.93. The summed E-state index contributed by atoms with van der Waals surface area (Å²) in [7, 11) is 0. The molecule has 13 nitrogen and oxygen atoms in total. The number of rotatable bonds is 13. The van der Waals surface area contributed by atoms with E-state index in [4.69, 9.17) is 28.4 Å². The van der Waals surface area contributed by atoms with Crippen molar-refractivity contribution >= 4 is 36.2 Å². The second-order valence-electron chi connectivity index (χ2n) is 10.9. The van der Waals surface area contributed by atoms with Crippen LogP contribution in [0.2, 0.25) is 0 Å². The minimum atomic E-state index is -1.42. The first-order valence-electron chi connectivity index (χ1n) is 14.5. The largest absolute Gasteiger partial charge is 0.463 e. The second-order valence-corrected chi connectivity index (χ2v) is 10.9. The lowest BCUT2D eigenvalue weighted by atomic mass is 9.95. The Morgan fingerprint density at radius 1 is 0.956 bits per heavy atom. The van der Waals surface area contributed by atoms with E-state index >= 15 is 0 Å². The van der Waals surface area contributed by atoms with Crippen LogP contribution in [-0.2, 0) is 54.1 Å². The number of H-pyrrole nitrogens is 1. The fourth-order valence-electron chi connectivity index (χ4n) is 4.97. The summed E-state index contributed by atoms with van der Waals surface area (Å²) in [5.41, 5.74) is 4.44. The Morgan fingerprint density at radius 2 is 1.60 bits per heavy atom. The molecule has 0 amide bonds. The molecule has 2 aromatic rings. The van der Waals surface area contributed by atoms with Gasteiger partial charge in [0, 0.05) is 51.8 Å². The Hall–Kier alpha value is -4.52. The van der Waals surface area contributed by atoms with Crippen molar-refractivity contribution in [3.05, 3.63) is 52.2 Å². The zero-order valence-corrected chi connectivity index (χ0v) is 26.5. The molecule has 1 aliphatic rings. The third-order valence-electron chi connectivity index (χ3n) is 6.89. The molecule has 2 heterocycles. The van der Waals surface area contributed by atoms with Crippen LogP contribution in [0.25, 0.3) is 6.08 Å². The van der Waals surface area contributed by atoms with E-state index in [1.165, 1.54) is 6.92 Å². The number of esters is 4. The van der Waals surface area contributed by atoms with Gasteiger partial charge in [-0.15, -0.1) is 5.10 Å². The molecule has 1 aliphatic heterocycles. The van der Waals surface area contributed by atoms with Gasteiger partial charge in [-0.05, 0) is 29.5 Å². The predicted octanol–water partition coefficient (Wildman–Crippen LogP) is 3.50. The molecule has 5 unspecified atom stereocenters. The summed E-state index contributed by atoms with van der Waals surface area (Å²) in [4.78, 5) is 58.7. The maximum Gasteiger partial charge on any atom is 0.303 e. The number of allylic oxidation sites excluding steroid dienone is 1. The number of aryl methyl sites for hydroxylation is 1. The molecule has 1 aromatic heterocycles. The number of aromatic nitrogens is 2. The average molecular weight is 629 g/mol. The van der Waals surface area contributed by atoms with E-state index in [2.05, 4.69) is 10.2 Å². The summed E-state index contributed by atoms with van der Waals surface area (Å²) in [5, 5.41) is 7.43. The SMILES string of the molecule is CC(=O)OCC1OC(Oc2n[nH]c(C(C)C)c2Cc2ccc(C=CCC=O)cc2C)C(OC(C)=O)C(OC(C)=O)C1OC(C)=O. The number of carbonyl (C=O) groups is 5. The second kappa shape index (κ2) is 16.0. The molecule has 0 bridgehead atoms. The van der Waals surface area contributed by atoms with Crippen molar-refractivity contribution in [3.63, 3.8) is 0 Å². The van der Waals surface area contributed by atoms with Crippen molar-refractivity contribution in [2.24, 2.45) is 0 Å². The smallest absolute Gasteiger partial charge is 0.303 e. The van der Waals surface area contributed by atoms with Crippen LogP contribution >= 0.6 is 0 Å². The number of carbonyl (C=O) groups excluding carboxylic acids is 5. The van der Waals surface area contributed by atoms with Crippen LogP contribution in [-0.4, -0.2) is 77.7 Å². The standard InChI is InChI=1S/C32H40N2O11/c1-17(2)27-25(15-24-12-11-23(14-18(24)3)10-8-9-13-35)31(34-33-27)45-32-30(43-22(7)39)29(42-21(6)38)28(41-20(5)37)26(44-32)16-40-19(4)36/h8,10-14,17,26,28-30,32H,9,15-16H2,1-7H3,(H,33,34). The molecule has 0 saturated carbocycles.